The Labute approximate surface area is 166 Å². The van der Waals surface area contributed by atoms with Gasteiger partial charge in [0.2, 0.25) is 5.91 Å². The zero-order valence-corrected chi connectivity index (χ0v) is 16.4. The van der Waals surface area contributed by atoms with Crippen LogP contribution in [-0.4, -0.2) is 57.8 Å². The van der Waals surface area contributed by atoms with Crippen LogP contribution in [0.25, 0.3) is 21.3 Å². The fraction of sp³-hybridized carbons (Fsp3) is 0.400. The zero-order valence-electron chi connectivity index (χ0n) is 15.6. The number of pyridine rings is 1. The van der Waals surface area contributed by atoms with E-state index in [0.717, 1.165) is 52.3 Å². The Morgan fingerprint density at radius 1 is 1.21 bits per heavy atom. The van der Waals surface area contributed by atoms with Crippen LogP contribution in [0.3, 0.4) is 0 Å². The number of amides is 1. The van der Waals surface area contributed by atoms with Crippen LogP contribution in [0.2, 0.25) is 0 Å². The number of carbonyl (C=O) groups excluding carboxylic acids is 1. The molecule has 1 aromatic carbocycles. The molecule has 1 amide bonds. The van der Waals surface area contributed by atoms with E-state index >= 15 is 0 Å². The van der Waals surface area contributed by atoms with E-state index < -0.39 is 0 Å². The number of ether oxygens (including phenoxy) is 1. The minimum atomic E-state index is -0.0379. The van der Waals surface area contributed by atoms with Crippen molar-refractivity contribution in [3.05, 3.63) is 35.5 Å². The van der Waals surface area contributed by atoms with Crippen LogP contribution in [0.4, 0.5) is 5.82 Å². The van der Waals surface area contributed by atoms with Gasteiger partial charge in [0, 0.05) is 30.2 Å². The van der Waals surface area contributed by atoms with Crippen LogP contribution >= 0.6 is 11.3 Å². The second-order valence-electron chi connectivity index (χ2n) is 7.46. The lowest BCUT2D eigenvalue weighted by Gasteiger charge is -2.31. The van der Waals surface area contributed by atoms with Crippen LogP contribution in [0.1, 0.15) is 17.8 Å². The Bertz CT molecular complexity index is 1020. The predicted octanol–water partition coefficient (Wildman–Crippen LogP) is 2.86. The normalized spacial score (nSPS) is 21.9. The van der Waals surface area contributed by atoms with Crippen molar-refractivity contribution >= 4 is 33.8 Å². The van der Waals surface area contributed by atoms with Crippen molar-refractivity contribution in [2.45, 2.75) is 32.0 Å². The van der Waals surface area contributed by atoms with Gasteiger partial charge in [-0.25, -0.2) is 4.98 Å². The standard InChI is InChI=1S/C20H21N5O2S/c1-12-23-24-20(28-12)13-2-3-14-8-21-18(7-15(14)6-13)22-19(26)11-25-9-16-4-5-17(10-25)27-16/h2-3,6-8,16-17H,4-5,9-11H2,1H3,(H,21,22,26). The molecular formula is C20H21N5O2S. The van der Waals surface area contributed by atoms with Gasteiger partial charge in [-0.3, -0.25) is 9.69 Å². The first-order valence-electron chi connectivity index (χ1n) is 9.50. The summed E-state index contributed by atoms with van der Waals surface area (Å²) in [6.45, 7) is 3.99. The summed E-state index contributed by atoms with van der Waals surface area (Å²) in [7, 11) is 0. The van der Waals surface area contributed by atoms with E-state index in [1.807, 2.05) is 25.1 Å². The summed E-state index contributed by atoms with van der Waals surface area (Å²) in [5, 5.41) is 15.1. The maximum atomic E-state index is 12.5. The molecule has 2 aliphatic rings. The lowest BCUT2D eigenvalue weighted by Crippen LogP contribution is -2.45. The molecule has 2 atom stereocenters. The number of likely N-dealkylation sites (tertiary alicyclic amines) is 1. The molecule has 0 spiro atoms. The van der Waals surface area contributed by atoms with Crippen LogP contribution in [-0.2, 0) is 9.53 Å². The lowest BCUT2D eigenvalue weighted by atomic mass is 10.1. The van der Waals surface area contributed by atoms with E-state index in [-0.39, 0.29) is 18.1 Å². The molecule has 0 saturated carbocycles. The molecule has 2 aromatic heterocycles. The summed E-state index contributed by atoms with van der Waals surface area (Å²) in [6.07, 6.45) is 4.56. The molecule has 28 heavy (non-hydrogen) atoms. The van der Waals surface area contributed by atoms with Crippen molar-refractivity contribution < 1.29 is 9.53 Å². The molecule has 2 saturated heterocycles. The van der Waals surface area contributed by atoms with Gasteiger partial charge in [-0.1, -0.05) is 23.5 Å². The van der Waals surface area contributed by atoms with E-state index in [0.29, 0.717) is 12.4 Å². The molecule has 5 rings (SSSR count). The Morgan fingerprint density at radius 3 is 2.79 bits per heavy atom. The number of morpholine rings is 1. The fourth-order valence-electron chi connectivity index (χ4n) is 3.97. The third-order valence-electron chi connectivity index (χ3n) is 5.25. The smallest absolute Gasteiger partial charge is 0.239 e. The number of aryl methyl sites for hydroxylation is 1. The van der Waals surface area contributed by atoms with Crippen LogP contribution < -0.4 is 5.32 Å². The second kappa shape index (κ2) is 7.20. The molecule has 1 N–H and O–H groups in total. The number of hydrogen-bond donors (Lipinski definition) is 1. The van der Waals surface area contributed by atoms with Crippen molar-refractivity contribution in [3.63, 3.8) is 0 Å². The largest absolute Gasteiger partial charge is 0.372 e. The molecule has 2 aliphatic heterocycles. The Morgan fingerprint density at radius 2 is 2.04 bits per heavy atom. The molecule has 7 nitrogen and oxygen atoms in total. The Kier molecular flexibility index (Phi) is 4.54. The minimum Gasteiger partial charge on any atom is -0.372 e. The number of aromatic nitrogens is 3. The van der Waals surface area contributed by atoms with E-state index in [2.05, 4.69) is 31.5 Å². The van der Waals surface area contributed by atoms with Gasteiger partial charge >= 0.3 is 0 Å². The first-order chi connectivity index (χ1) is 13.6. The maximum Gasteiger partial charge on any atom is 0.239 e. The van der Waals surface area contributed by atoms with Gasteiger partial charge in [-0.05, 0) is 37.3 Å². The molecule has 8 heteroatoms. The van der Waals surface area contributed by atoms with Gasteiger partial charge in [0.15, 0.2) is 0 Å². The van der Waals surface area contributed by atoms with Gasteiger partial charge in [0.1, 0.15) is 15.8 Å². The van der Waals surface area contributed by atoms with Gasteiger partial charge in [-0.2, -0.15) is 0 Å². The minimum absolute atomic E-state index is 0.0379. The summed E-state index contributed by atoms with van der Waals surface area (Å²) < 4.78 is 5.83. The topological polar surface area (TPSA) is 80.2 Å². The highest BCUT2D eigenvalue weighted by atomic mass is 32.1. The quantitative estimate of drug-likeness (QED) is 0.732. The number of fused-ring (bicyclic) bond motifs is 3. The van der Waals surface area contributed by atoms with Crippen molar-refractivity contribution in [3.8, 4) is 10.6 Å². The van der Waals surface area contributed by atoms with Gasteiger partial charge in [0.05, 0.1) is 18.8 Å². The molecule has 144 valence electrons. The Balaban J connectivity index is 1.30. The summed E-state index contributed by atoms with van der Waals surface area (Å²) in [5.41, 5.74) is 1.02. The van der Waals surface area contributed by atoms with E-state index in [1.54, 1.807) is 17.5 Å². The SMILES string of the molecule is Cc1nnc(-c2ccc3cnc(NC(=O)CN4CC5CCC(C4)O5)cc3c2)s1. The predicted molar refractivity (Wildman–Crippen MR) is 108 cm³/mol. The highest BCUT2D eigenvalue weighted by Crippen LogP contribution is 2.28. The molecule has 2 unspecified atom stereocenters. The van der Waals surface area contributed by atoms with E-state index in [9.17, 15) is 4.79 Å². The molecule has 3 aromatic rings. The number of benzene rings is 1. The van der Waals surface area contributed by atoms with Crippen molar-refractivity contribution in [2.24, 2.45) is 0 Å². The lowest BCUT2D eigenvalue weighted by molar-refractivity contribution is -0.119. The van der Waals surface area contributed by atoms with Crippen molar-refractivity contribution in [1.82, 2.24) is 20.1 Å². The highest BCUT2D eigenvalue weighted by Gasteiger charge is 2.34. The second-order valence-corrected chi connectivity index (χ2v) is 8.64. The van der Waals surface area contributed by atoms with Crippen molar-refractivity contribution in [1.29, 1.82) is 0 Å². The van der Waals surface area contributed by atoms with Gasteiger partial charge < -0.3 is 10.1 Å². The first kappa shape index (κ1) is 17.7. The number of carbonyl (C=O) groups is 1. The summed E-state index contributed by atoms with van der Waals surface area (Å²) in [6, 6.07) is 8.01. The molecule has 0 aliphatic carbocycles. The average Bonchev–Trinajstić information content (AvgIpc) is 3.26. The first-order valence-corrected chi connectivity index (χ1v) is 10.3. The third kappa shape index (κ3) is 3.63. The number of hydrogen-bond acceptors (Lipinski definition) is 7. The number of nitrogens with zero attached hydrogens (tertiary/aromatic N) is 4. The highest BCUT2D eigenvalue weighted by molar-refractivity contribution is 7.14. The molecule has 2 bridgehead atoms. The summed E-state index contributed by atoms with van der Waals surface area (Å²) in [5.74, 6) is 0.531. The molecule has 4 heterocycles. The van der Waals surface area contributed by atoms with Gasteiger partial charge in [-0.15, -0.1) is 10.2 Å². The van der Waals surface area contributed by atoms with Crippen LogP contribution in [0.15, 0.2) is 30.5 Å². The van der Waals surface area contributed by atoms with Crippen LogP contribution in [0, 0.1) is 6.92 Å². The molecular weight excluding hydrogens is 374 g/mol. The number of rotatable bonds is 4. The number of nitrogens with one attached hydrogen (secondary N) is 1. The summed E-state index contributed by atoms with van der Waals surface area (Å²) in [4.78, 5) is 19.1. The molecule has 0 radical (unpaired) electrons. The number of anilines is 1. The monoisotopic (exact) mass is 395 g/mol. The van der Waals surface area contributed by atoms with Crippen molar-refractivity contribution in [2.75, 3.05) is 25.0 Å². The zero-order chi connectivity index (χ0) is 19.1. The summed E-state index contributed by atoms with van der Waals surface area (Å²) >= 11 is 1.57. The van der Waals surface area contributed by atoms with Gasteiger partial charge in [0.25, 0.3) is 0 Å². The average molecular weight is 395 g/mol. The van der Waals surface area contributed by atoms with Crippen LogP contribution in [0.5, 0.6) is 0 Å². The van der Waals surface area contributed by atoms with E-state index in [4.69, 9.17) is 4.74 Å². The third-order valence-corrected chi connectivity index (χ3v) is 6.14. The fourth-order valence-corrected chi connectivity index (χ4v) is 4.66. The Hall–Kier alpha value is -2.42. The van der Waals surface area contributed by atoms with E-state index in [1.165, 1.54) is 0 Å². The maximum absolute atomic E-state index is 12.5. The molecule has 2 fully saturated rings.